The van der Waals surface area contributed by atoms with Crippen LogP contribution in [0.2, 0.25) is 0 Å². The number of allylic oxidation sites excluding steroid dienone is 2. The number of nitrogens with one attached hydrogen (secondary N) is 2. The summed E-state index contributed by atoms with van der Waals surface area (Å²) in [6, 6.07) is 10.9. The Morgan fingerprint density at radius 1 is 0.661 bits per heavy atom. The normalized spacial score (nSPS) is 16.1. The second kappa shape index (κ2) is 19.3. The molecule has 0 aliphatic carbocycles. The molecule has 2 fully saturated rings. The van der Waals surface area contributed by atoms with Gasteiger partial charge >= 0.3 is 11.3 Å². The van der Waals surface area contributed by atoms with Crippen LogP contribution in [0.5, 0.6) is 11.5 Å². The Balaban J connectivity index is 0.859. The van der Waals surface area contributed by atoms with Crippen LogP contribution < -0.4 is 31.4 Å². The minimum Gasteiger partial charge on any atom is -0.490 e. The lowest BCUT2D eigenvalue weighted by atomic mass is 10.1. The van der Waals surface area contributed by atoms with E-state index in [1.165, 1.54) is 0 Å². The predicted molar refractivity (Wildman–Crippen MR) is 220 cm³/mol. The van der Waals surface area contributed by atoms with Crippen LogP contribution >= 0.6 is 0 Å². The quantitative estimate of drug-likeness (QED) is 0.0661. The number of rotatable bonds is 16. The number of fused-ring (bicyclic) bond motifs is 2. The third-order valence-corrected chi connectivity index (χ3v) is 10.9. The van der Waals surface area contributed by atoms with Gasteiger partial charge in [0.05, 0.1) is 0 Å². The Bertz CT molecular complexity index is 1990. The van der Waals surface area contributed by atoms with Gasteiger partial charge in [0.1, 0.15) is 46.2 Å². The van der Waals surface area contributed by atoms with Gasteiger partial charge in [-0.05, 0) is 129 Å². The van der Waals surface area contributed by atoms with E-state index in [-0.39, 0.29) is 35.4 Å². The van der Waals surface area contributed by atoms with E-state index in [9.17, 15) is 19.2 Å². The molecule has 0 unspecified atom stereocenters. The van der Waals surface area contributed by atoms with Crippen molar-refractivity contribution in [2.24, 2.45) is 0 Å². The van der Waals surface area contributed by atoms with Gasteiger partial charge in [-0.1, -0.05) is 12.2 Å². The van der Waals surface area contributed by atoms with Gasteiger partial charge in [0.15, 0.2) is 0 Å². The predicted octanol–water partition coefficient (Wildman–Crippen LogP) is 7.72. The highest BCUT2D eigenvalue weighted by molar-refractivity contribution is 5.94. The van der Waals surface area contributed by atoms with Crippen molar-refractivity contribution in [3.8, 4) is 11.5 Å². The maximum Gasteiger partial charge on any atom is 0.360 e. The second-order valence-corrected chi connectivity index (χ2v) is 15.4. The largest absolute Gasteiger partial charge is 0.490 e. The van der Waals surface area contributed by atoms with E-state index < -0.39 is 11.3 Å². The number of anilines is 2. The highest BCUT2D eigenvalue weighted by Gasteiger charge is 2.22. The van der Waals surface area contributed by atoms with Gasteiger partial charge in [-0.25, -0.2) is 9.59 Å². The smallest absolute Gasteiger partial charge is 0.360 e. The van der Waals surface area contributed by atoms with E-state index in [1.54, 1.807) is 12.1 Å². The average molecular weight is 769 g/mol. The molecule has 300 valence electrons. The average Bonchev–Trinajstić information content (AvgIpc) is 3.17. The SMILES string of the molecule is Cc1c(OC2CCN(C)CC2)ccc2cc(NC(=O)CCCC/C=C/CCCCC(=O)Nc3cc4ccc(OC5CCN(C)CC5)c(C)c4oc3=O)c(=O)oc12. The van der Waals surface area contributed by atoms with E-state index in [2.05, 4.69) is 46.7 Å². The van der Waals surface area contributed by atoms with E-state index in [4.69, 9.17) is 18.3 Å². The Labute approximate surface area is 328 Å². The fraction of sp³-hybridized carbons (Fsp3) is 0.500. The second-order valence-electron chi connectivity index (χ2n) is 15.4. The highest BCUT2D eigenvalue weighted by atomic mass is 16.5. The number of hydrogen-bond acceptors (Lipinski definition) is 10. The van der Waals surface area contributed by atoms with Crippen molar-refractivity contribution < 1.29 is 27.9 Å². The van der Waals surface area contributed by atoms with Crippen LogP contribution in [0.15, 0.2) is 67.0 Å². The topological polar surface area (TPSA) is 144 Å². The molecule has 2 saturated heterocycles. The Morgan fingerprint density at radius 2 is 1.05 bits per heavy atom. The van der Waals surface area contributed by atoms with Gasteiger partial charge in [-0.15, -0.1) is 0 Å². The van der Waals surface area contributed by atoms with Crippen LogP contribution in [0, 0.1) is 13.8 Å². The molecule has 2 aromatic carbocycles. The molecule has 12 heteroatoms. The lowest BCUT2D eigenvalue weighted by Crippen LogP contribution is -2.35. The molecule has 0 saturated carbocycles. The number of carbonyl (C=O) groups excluding carboxylic acids is 2. The maximum atomic E-state index is 12.8. The summed E-state index contributed by atoms with van der Waals surface area (Å²) in [6.45, 7) is 7.74. The molecular formula is C44H56N4O8. The summed E-state index contributed by atoms with van der Waals surface area (Å²) in [5, 5.41) is 6.91. The summed E-state index contributed by atoms with van der Waals surface area (Å²) in [6.07, 6.45) is 13.6. The molecule has 2 amide bonds. The molecule has 0 bridgehead atoms. The zero-order valence-electron chi connectivity index (χ0n) is 33.2. The zero-order chi connectivity index (χ0) is 39.6. The molecule has 4 heterocycles. The van der Waals surface area contributed by atoms with Gasteiger partial charge in [0.25, 0.3) is 0 Å². The van der Waals surface area contributed by atoms with Gasteiger partial charge in [0.2, 0.25) is 11.8 Å². The summed E-state index contributed by atoms with van der Waals surface area (Å²) in [5.74, 6) is 0.987. The van der Waals surface area contributed by atoms with Crippen molar-refractivity contribution >= 4 is 45.1 Å². The van der Waals surface area contributed by atoms with Crippen molar-refractivity contribution in [2.45, 2.75) is 103 Å². The van der Waals surface area contributed by atoms with Gasteiger partial charge in [-0.3, -0.25) is 9.59 Å². The molecule has 56 heavy (non-hydrogen) atoms. The lowest BCUT2D eigenvalue weighted by molar-refractivity contribution is -0.117. The van der Waals surface area contributed by atoms with E-state index >= 15 is 0 Å². The first-order valence-corrected chi connectivity index (χ1v) is 20.1. The van der Waals surface area contributed by atoms with Gasteiger partial charge < -0.3 is 38.7 Å². The summed E-state index contributed by atoms with van der Waals surface area (Å²) in [5.41, 5.74) is 1.62. The van der Waals surface area contributed by atoms with Crippen molar-refractivity contribution in [2.75, 3.05) is 50.9 Å². The lowest BCUT2D eigenvalue weighted by Gasteiger charge is -2.29. The number of unbranched alkanes of at least 4 members (excludes halogenated alkanes) is 4. The van der Waals surface area contributed by atoms with Crippen molar-refractivity contribution in [3.05, 3.63) is 80.5 Å². The zero-order valence-corrected chi connectivity index (χ0v) is 33.2. The fourth-order valence-corrected chi connectivity index (χ4v) is 7.36. The number of ether oxygens (including phenoxy) is 2. The molecule has 0 radical (unpaired) electrons. The number of nitrogens with zero attached hydrogens (tertiary/aromatic N) is 2. The van der Waals surface area contributed by atoms with Gasteiger partial charge in [-0.2, -0.15) is 0 Å². The van der Waals surface area contributed by atoms with Crippen LogP contribution in [0.3, 0.4) is 0 Å². The van der Waals surface area contributed by atoms with Crippen molar-refractivity contribution in [3.63, 3.8) is 0 Å². The minimum atomic E-state index is -0.581. The van der Waals surface area contributed by atoms with Gasteiger partial charge in [0, 0.05) is 60.9 Å². The molecule has 4 aromatic rings. The molecular weight excluding hydrogens is 713 g/mol. The molecule has 12 nitrogen and oxygen atoms in total. The number of likely N-dealkylation sites (tertiary alicyclic amines) is 2. The number of piperidine rings is 2. The van der Waals surface area contributed by atoms with Crippen LogP contribution in [0.4, 0.5) is 11.4 Å². The van der Waals surface area contributed by atoms with E-state index in [0.717, 1.165) is 111 Å². The number of hydrogen-bond donors (Lipinski definition) is 2. The first kappa shape index (κ1) is 40.7. The molecule has 6 rings (SSSR count). The monoisotopic (exact) mass is 768 g/mol. The maximum absolute atomic E-state index is 12.8. The molecule has 0 atom stereocenters. The first-order chi connectivity index (χ1) is 27.0. The third-order valence-electron chi connectivity index (χ3n) is 10.9. The standard InChI is InChI=1S/C44H56N4O8/c1-29-37(53-33-19-23-47(3)24-20-33)17-15-31-27-35(43(51)55-41(29)31)45-39(49)13-11-9-7-5-6-8-10-12-14-40(50)46-36-28-32-16-18-38(30(2)42(32)56-44(36)52)54-34-21-25-48(4)26-22-34/h5-6,15-18,27-28,33-34H,7-14,19-26H2,1-4H3,(H,45,49)(H,46,50)/b6-5+. The molecule has 2 aliphatic heterocycles. The van der Waals surface area contributed by atoms with Crippen LogP contribution in [-0.4, -0.2) is 74.1 Å². The third kappa shape index (κ3) is 10.9. The Kier molecular flexibility index (Phi) is 14.0. The fourth-order valence-electron chi connectivity index (χ4n) is 7.36. The minimum absolute atomic E-state index is 0.137. The van der Waals surface area contributed by atoms with Crippen LogP contribution in [0.1, 0.15) is 88.2 Å². The molecule has 0 spiro atoms. The summed E-state index contributed by atoms with van der Waals surface area (Å²) in [4.78, 5) is 55.3. The molecule has 2 N–H and O–H groups in total. The first-order valence-electron chi connectivity index (χ1n) is 20.1. The summed E-state index contributed by atoms with van der Waals surface area (Å²) < 4.78 is 23.8. The number of carbonyl (C=O) groups is 2. The van der Waals surface area contributed by atoms with E-state index in [1.807, 2.05) is 38.1 Å². The number of benzene rings is 2. The van der Waals surface area contributed by atoms with Crippen molar-refractivity contribution in [1.82, 2.24) is 9.80 Å². The van der Waals surface area contributed by atoms with Crippen molar-refractivity contribution in [1.29, 1.82) is 0 Å². The Hall–Kier alpha value is -4.94. The van der Waals surface area contributed by atoms with Crippen LogP contribution in [-0.2, 0) is 9.59 Å². The number of aryl methyl sites for hydroxylation is 2. The van der Waals surface area contributed by atoms with E-state index in [0.29, 0.717) is 36.8 Å². The molecule has 2 aliphatic rings. The summed E-state index contributed by atoms with van der Waals surface area (Å²) >= 11 is 0. The molecule has 2 aromatic heterocycles. The number of amides is 2. The Morgan fingerprint density at radius 3 is 1.45 bits per heavy atom. The summed E-state index contributed by atoms with van der Waals surface area (Å²) in [7, 11) is 4.22. The van der Waals surface area contributed by atoms with Crippen LogP contribution in [0.25, 0.3) is 21.9 Å². The highest BCUT2D eigenvalue weighted by Crippen LogP contribution is 2.31.